The summed E-state index contributed by atoms with van der Waals surface area (Å²) in [5.41, 5.74) is -3.71. The lowest BCUT2D eigenvalue weighted by atomic mass is 10.2. The van der Waals surface area contributed by atoms with Gasteiger partial charge in [0.25, 0.3) is 0 Å². The molecular weight excluding hydrogens is 331 g/mol. The molecule has 8 heteroatoms. The van der Waals surface area contributed by atoms with Gasteiger partial charge in [-0.1, -0.05) is 12.1 Å². The van der Waals surface area contributed by atoms with E-state index in [-0.39, 0.29) is 35.0 Å². The Labute approximate surface area is 136 Å². The molecule has 0 atom stereocenters. The fourth-order valence-electron chi connectivity index (χ4n) is 1.56. The Morgan fingerprint density at radius 1 is 1.26 bits per heavy atom. The first-order chi connectivity index (χ1) is 10.8. The summed E-state index contributed by atoms with van der Waals surface area (Å²) in [6.07, 6.45) is 3.47. The Hall–Kier alpha value is -1.96. The van der Waals surface area contributed by atoms with Gasteiger partial charge in [-0.15, -0.1) is 0 Å². The Kier molecular flexibility index (Phi) is 7.67. The minimum absolute atomic E-state index is 0.0851. The molecule has 1 aromatic carbocycles. The number of halogens is 3. The lowest BCUT2D eigenvalue weighted by Crippen LogP contribution is -2.22. The van der Waals surface area contributed by atoms with Gasteiger partial charge in [0.1, 0.15) is 0 Å². The number of nitrogens with one attached hydrogen (secondary N) is 1. The van der Waals surface area contributed by atoms with Crippen LogP contribution in [-0.4, -0.2) is 31.0 Å². The second kappa shape index (κ2) is 9.24. The molecule has 4 nitrogen and oxygen atoms in total. The molecule has 1 amide bonds. The van der Waals surface area contributed by atoms with Gasteiger partial charge in [0.15, 0.2) is 0 Å². The highest BCUT2D eigenvalue weighted by molar-refractivity contribution is 8.00. The molecule has 0 bridgehead atoms. The maximum absolute atomic E-state index is 12.2. The fourth-order valence-corrected chi connectivity index (χ4v) is 2.10. The number of hydrogen-bond donors (Lipinski definition) is 1. The Morgan fingerprint density at radius 3 is 2.48 bits per heavy atom. The number of carbonyl (C=O) groups is 2. The van der Waals surface area contributed by atoms with Crippen molar-refractivity contribution in [1.29, 1.82) is 0 Å². The van der Waals surface area contributed by atoms with E-state index in [9.17, 15) is 22.8 Å². The standard InChI is InChI=1S/C15H16F3NO3S/c1-22-14(21)3-2-10-19-13(20)9-6-11-4-7-12(8-5-11)23-15(16,17)18/h4-9H,2-3,10H2,1H3,(H,19,20)/b9-6+. The van der Waals surface area contributed by atoms with Crippen molar-refractivity contribution in [1.82, 2.24) is 5.32 Å². The molecule has 0 unspecified atom stereocenters. The predicted octanol–water partition coefficient (Wildman–Crippen LogP) is 3.38. The molecule has 0 aliphatic carbocycles. The Balaban J connectivity index is 2.38. The monoisotopic (exact) mass is 347 g/mol. The topological polar surface area (TPSA) is 55.4 Å². The number of rotatable bonds is 7. The van der Waals surface area contributed by atoms with E-state index in [0.29, 0.717) is 18.5 Å². The molecular formula is C15H16F3NO3S. The van der Waals surface area contributed by atoms with Gasteiger partial charge in [0.05, 0.1) is 7.11 Å². The van der Waals surface area contributed by atoms with Crippen LogP contribution >= 0.6 is 11.8 Å². The van der Waals surface area contributed by atoms with Crippen LogP contribution in [0.2, 0.25) is 0 Å². The van der Waals surface area contributed by atoms with Gasteiger partial charge < -0.3 is 10.1 Å². The Bertz CT molecular complexity index is 556. The van der Waals surface area contributed by atoms with Crippen LogP contribution in [-0.2, 0) is 14.3 Å². The van der Waals surface area contributed by atoms with Gasteiger partial charge in [-0.25, -0.2) is 0 Å². The molecule has 126 valence electrons. The van der Waals surface area contributed by atoms with Crippen LogP contribution in [0.15, 0.2) is 35.2 Å². The molecule has 0 aliphatic heterocycles. The van der Waals surface area contributed by atoms with Crippen molar-refractivity contribution >= 4 is 29.7 Å². The van der Waals surface area contributed by atoms with Crippen LogP contribution < -0.4 is 5.32 Å². The second-order valence-electron chi connectivity index (χ2n) is 4.42. The zero-order valence-electron chi connectivity index (χ0n) is 12.4. The zero-order chi connectivity index (χ0) is 17.3. The van der Waals surface area contributed by atoms with Gasteiger partial charge >= 0.3 is 11.5 Å². The van der Waals surface area contributed by atoms with Crippen LogP contribution in [0.3, 0.4) is 0 Å². The minimum Gasteiger partial charge on any atom is -0.469 e. The molecule has 0 heterocycles. The number of methoxy groups -OCH3 is 1. The number of alkyl halides is 3. The summed E-state index contributed by atoms with van der Waals surface area (Å²) < 4.78 is 41.0. The smallest absolute Gasteiger partial charge is 0.446 e. The van der Waals surface area contributed by atoms with Crippen molar-refractivity contribution < 1.29 is 27.5 Å². The van der Waals surface area contributed by atoms with E-state index in [4.69, 9.17) is 0 Å². The first-order valence-electron chi connectivity index (χ1n) is 6.68. The average Bonchev–Trinajstić information content (AvgIpc) is 2.49. The van der Waals surface area contributed by atoms with E-state index in [0.717, 1.165) is 0 Å². The maximum Gasteiger partial charge on any atom is 0.446 e. The lowest BCUT2D eigenvalue weighted by molar-refractivity contribution is -0.140. The summed E-state index contributed by atoms with van der Waals surface area (Å²) in [7, 11) is 1.29. The zero-order valence-corrected chi connectivity index (χ0v) is 13.2. The van der Waals surface area contributed by atoms with E-state index in [1.807, 2.05) is 0 Å². The third-order valence-electron chi connectivity index (χ3n) is 2.63. The van der Waals surface area contributed by atoms with Gasteiger partial charge in [-0.3, -0.25) is 9.59 Å². The third-order valence-corrected chi connectivity index (χ3v) is 3.36. The Morgan fingerprint density at radius 2 is 1.91 bits per heavy atom. The highest BCUT2D eigenvalue weighted by Crippen LogP contribution is 2.36. The molecule has 0 spiro atoms. The molecule has 0 radical (unpaired) electrons. The van der Waals surface area contributed by atoms with Crippen LogP contribution in [0.25, 0.3) is 6.08 Å². The highest BCUT2D eigenvalue weighted by atomic mass is 32.2. The molecule has 0 aliphatic rings. The van der Waals surface area contributed by atoms with Crippen molar-refractivity contribution in [3.63, 3.8) is 0 Å². The van der Waals surface area contributed by atoms with E-state index in [1.165, 1.54) is 43.5 Å². The molecule has 1 N–H and O–H groups in total. The second-order valence-corrected chi connectivity index (χ2v) is 5.56. The lowest BCUT2D eigenvalue weighted by Gasteiger charge is -2.05. The third kappa shape index (κ3) is 8.92. The number of hydrogen-bond acceptors (Lipinski definition) is 4. The van der Waals surface area contributed by atoms with Crippen LogP contribution in [0.4, 0.5) is 13.2 Å². The van der Waals surface area contributed by atoms with Gasteiger partial charge in [-0.2, -0.15) is 13.2 Å². The summed E-state index contributed by atoms with van der Waals surface area (Å²) in [4.78, 5) is 22.5. The predicted molar refractivity (Wildman–Crippen MR) is 81.6 cm³/mol. The fraction of sp³-hybridized carbons (Fsp3) is 0.333. The van der Waals surface area contributed by atoms with Crippen molar-refractivity contribution in [3.8, 4) is 0 Å². The molecule has 1 rings (SSSR count). The summed E-state index contributed by atoms with van der Waals surface area (Å²) in [6, 6.07) is 5.67. The molecule has 23 heavy (non-hydrogen) atoms. The average molecular weight is 347 g/mol. The maximum atomic E-state index is 12.2. The number of ether oxygens (including phenoxy) is 1. The molecule has 0 aromatic heterocycles. The van der Waals surface area contributed by atoms with E-state index < -0.39 is 5.51 Å². The highest BCUT2D eigenvalue weighted by Gasteiger charge is 2.28. The van der Waals surface area contributed by atoms with Crippen molar-refractivity contribution in [2.45, 2.75) is 23.2 Å². The van der Waals surface area contributed by atoms with Crippen molar-refractivity contribution in [2.75, 3.05) is 13.7 Å². The van der Waals surface area contributed by atoms with E-state index >= 15 is 0 Å². The number of thioether (sulfide) groups is 1. The van der Waals surface area contributed by atoms with E-state index in [1.54, 1.807) is 0 Å². The largest absolute Gasteiger partial charge is 0.469 e. The van der Waals surface area contributed by atoms with Crippen molar-refractivity contribution in [3.05, 3.63) is 35.9 Å². The van der Waals surface area contributed by atoms with Crippen LogP contribution in [0.5, 0.6) is 0 Å². The summed E-state index contributed by atoms with van der Waals surface area (Å²) in [5.74, 6) is -0.685. The molecule has 0 saturated carbocycles. The van der Waals surface area contributed by atoms with E-state index in [2.05, 4.69) is 10.1 Å². The molecule has 0 saturated heterocycles. The number of esters is 1. The van der Waals surface area contributed by atoms with Crippen molar-refractivity contribution in [2.24, 2.45) is 0 Å². The SMILES string of the molecule is COC(=O)CCCNC(=O)/C=C/c1ccc(SC(F)(F)F)cc1. The van der Waals surface area contributed by atoms with Gasteiger partial charge in [-0.05, 0) is 42.0 Å². The summed E-state index contributed by atoms with van der Waals surface area (Å²) in [5, 5.41) is 2.59. The van der Waals surface area contributed by atoms with Crippen LogP contribution in [0, 0.1) is 0 Å². The first-order valence-corrected chi connectivity index (χ1v) is 7.50. The number of carbonyl (C=O) groups excluding carboxylic acids is 2. The number of amides is 1. The normalized spacial score (nSPS) is 11.5. The summed E-state index contributed by atoms with van der Waals surface area (Å²) >= 11 is -0.190. The minimum atomic E-state index is -4.32. The first kappa shape index (κ1) is 19.1. The van der Waals surface area contributed by atoms with Gasteiger partial charge in [0, 0.05) is 23.9 Å². The number of benzene rings is 1. The molecule has 0 fully saturated rings. The molecule has 1 aromatic rings. The summed E-state index contributed by atoms with van der Waals surface area (Å²) in [6.45, 7) is 0.333. The van der Waals surface area contributed by atoms with Crippen LogP contribution in [0.1, 0.15) is 18.4 Å². The quantitative estimate of drug-likeness (QED) is 0.356. The van der Waals surface area contributed by atoms with Gasteiger partial charge in [0.2, 0.25) is 5.91 Å².